The van der Waals surface area contributed by atoms with Crippen LogP contribution in [-0.4, -0.2) is 43.2 Å². The highest BCUT2D eigenvalue weighted by Crippen LogP contribution is 2.26. The first-order valence-corrected chi connectivity index (χ1v) is 15.7. The molecule has 1 unspecified atom stereocenters. The first-order chi connectivity index (χ1) is 18.4. The maximum absolute atomic E-state index is 5.82. The molecule has 218 valence electrons. The van der Waals surface area contributed by atoms with Crippen LogP contribution in [0.2, 0.25) is 5.02 Å². The molecule has 0 saturated carbocycles. The van der Waals surface area contributed by atoms with Crippen LogP contribution in [0.3, 0.4) is 0 Å². The standard InChI is InChI=1S/C17H35N.C9H16N2.C8H9Cl/c1-6-11-16(12-7-2)17(13-8-3)18(14-9-4)15-10-5;1-4-8-5-6-11(3)9(7-8)10-2;1-2-7-5-3-4-6-8(7)9/h13,16H,6-12,14-15H2,1-5H3;5-7,9-10H,4H2,1-3H3;3-6H,2H2,1H3. The van der Waals surface area contributed by atoms with E-state index in [1.54, 1.807) is 5.70 Å². The molecule has 2 rings (SSSR count). The Morgan fingerprint density at radius 2 is 1.55 bits per heavy atom. The highest BCUT2D eigenvalue weighted by molar-refractivity contribution is 6.31. The highest BCUT2D eigenvalue weighted by Gasteiger charge is 2.17. The Bertz CT molecular complexity index is 769. The average Bonchev–Trinajstić information content (AvgIpc) is 2.93. The third-order valence-electron chi connectivity index (χ3n) is 6.84. The van der Waals surface area contributed by atoms with Crippen molar-refractivity contribution >= 4 is 11.6 Å². The summed E-state index contributed by atoms with van der Waals surface area (Å²) in [5, 5.41) is 4.09. The van der Waals surface area contributed by atoms with Crippen LogP contribution in [-0.2, 0) is 6.42 Å². The minimum Gasteiger partial charge on any atom is -0.375 e. The molecule has 0 radical (unpaired) electrons. The van der Waals surface area contributed by atoms with Gasteiger partial charge in [0.2, 0.25) is 0 Å². The molecular weight excluding hydrogens is 486 g/mol. The van der Waals surface area contributed by atoms with Crippen LogP contribution in [0, 0.1) is 5.92 Å². The normalized spacial score (nSPS) is 14.9. The van der Waals surface area contributed by atoms with Crippen LogP contribution < -0.4 is 5.32 Å². The summed E-state index contributed by atoms with van der Waals surface area (Å²) in [5.41, 5.74) is 4.27. The number of nitrogens with zero attached hydrogens (tertiary/aromatic N) is 2. The minimum absolute atomic E-state index is 0.370. The molecule has 1 N–H and O–H groups in total. The van der Waals surface area contributed by atoms with Gasteiger partial charge in [-0.05, 0) is 87.3 Å². The Hall–Kier alpha value is -1.71. The lowest BCUT2D eigenvalue weighted by Gasteiger charge is -2.32. The van der Waals surface area contributed by atoms with Crippen molar-refractivity contribution in [2.75, 3.05) is 27.2 Å². The first-order valence-electron chi connectivity index (χ1n) is 15.3. The van der Waals surface area contributed by atoms with Gasteiger partial charge < -0.3 is 9.80 Å². The quantitative estimate of drug-likeness (QED) is 0.251. The third kappa shape index (κ3) is 14.4. The maximum atomic E-state index is 5.82. The summed E-state index contributed by atoms with van der Waals surface area (Å²) in [6.07, 6.45) is 20.5. The van der Waals surface area contributed by atoms with E-state index in [1.165, 1.54) is 69.2 Å². The van der Waals surface area contributed by atoms with Gasteiger partial charge in [-0.1, -0.05) is 97.2 Å². The van der Waals surface area contributed by atoms with E-state index in [-0.39, 0.29) is 0 Å². The Labute approximate surface area is 242 Å². The summed E-state index contributed by atoms with van der Waals surface area (Å²) >= 11 is 5.82. The number of hydrogen-bond acceptors (Lipinski definition) is 3. The van der Waals surface area contributed by atoms with Gasteiger partial charge in [-0.25, -0.2) is 0 Å². The van der Waals surface area contributed by atoms with E-state index in [2.05, 4.69) is 95.1 Å². The van der Waals surface area contributed by atoms with Crippen molar-refractivity contribution in [1.82, 2.24) is 15.1 Å². The van der Waals surface area contributed by atoms with E-state index in [1.807, 2.05) is 31.3 Å². The fourth-order valence-electron chi connectivity index (χ4n) is 4.80. The molecule has 0 aliphatic carbocycles. The van der Waals surface area contributed by atoms with Crippen molar-refractivity contribution in [1.29, 1.82) is 0 Å². The van der Waals surface area contributed by atoms with Gasteiger partial charge in [0.25, 0.3) is 0 Å². The van der Waals surface area contributed by atoms with Gasteiger partial charge in [-0.15, -0.1) is 0 Å². The van der Waals surface area contributed by atoms with Crippen molar-refractivity contribution in [2.45, 2.75) is 112 Å². The molecule has 0 bridgehead atoms. The molecule has 4 heteroatoms. The second-order valence-corrected chi connectivity index (χ2v) is 10.5. The predicted octanol–water partition coefficient (Wildman–Crippen LogP) is 9.85. The Kier molecular flexibility index (Phi) is 22.2. The van der Waals surface area contributed by atoms with Crippen molar-refractivity contribution in [3.63, 3.8) is 0 Å². The van der Waals surface area contributed by atoms with Gasteiger partial charge >= 0.3 is 0 Å². The number of halogens is 1. The van der Waals surface area contributed by atoms with Crippen molar-refractivity contribution in [2.24, 2.45) is 5.92 Å². The van der Waals surface area contributed by atoms with Crippen LogP contribution >= 0.6 is 11.6 Å². The molecule has 1 aromatic carbocycles. The lowest BCUT2D eigenvalue weighted by atomic mass is 9.92. The zero-order chi connectivity index (χ0) is 28.8. The number of allylic oxidation sites excluding steroid dienone is 4. The van der Waals surface area contributed by atoms with Gasteiger partial charge in [0.1, 0.15) is 0 Å². The van der Waals surface area contributed by atoms with E-state index in [4.69, 9.17) is 11.6 Å². The molecule has 0 amide bonds. The van der Waals surface area contributed by atoms with E-state index in [0.29, 0.717) is 6.17 Å². The van der Waals surface area contributed by atoms with E-state index in [0.717, 1.165) is 23.8 Å². The highest BCUT2D eigenvalue weighted by atomic mass is 35.5. The fraction of sp³-hybridized carbons (Fsp3) is 0.647. The summed E-state index contributed by atoms with van der Waals surface area (Å²) in [6, 6.07) is 7.91. The SMILES string of the molecule is CCC1=CC(NC)N(C)C=C1.CCC=C(C(CCC)CCC)N(CCC)CCC.CCc1ccccc1Cl. The second kappa shape index (κ2) is 23.2. The zero-order valence-corrected chi connectivity index (χ0v) is 27.1. The molecule has 0 saturated heterocycles. The van der Waals surface area contributed by atoms with E-state index in [9.17, 15) is 0 Å². The predicted molar refractivity (Wildman–Crippen MR) is 173 cm³/mol. The smallest absolute Gasteiger partial charge is 0.0982 e. The maximum Gasteiger partial charge on any atom is 0.0982 e. The molecule has 3 nitrogen and oxygen atoms in total. The number of hydrogen-bond donors (Lipinski definition) is 1. The summed E-state index contributed by atoms with van der Waals surface area (Å²) < 4.78 is 0. The molecule has 1 aliphatic rings. The first kappa shape index (κ1) is 36.3. The lowest BCUT2D eigenvalue weighted by Crippen LogP contribution is -2.38. The van der Waals surface area contributed by atoms with Gasteiger partial charge in [-0.2, -0.15) is 0 Å². The third-order valence-corrected chi connectivity index (χ3v) is 7.20. The summed E-state index contributed by atoms with van der Waals surface area (Å²) in [5.74, 6) is 0.790. The molecule has 0 aromatic heterocycles. The number of nitrogens with one attached hydrogen (secondary N) is 1. The van der Waals surface area contributed by atoms with Crippen molar-refractivity contribution < 1.29 is 0 Å². The number of benzene rings is 1. The Morgan fingerprint density at radius 1 is 0.947 bits per heavy atom. The van der Waals surface area contributed by atoms with E-state index < -0.39 is 0 Å². The number of rotatable bonds is 14. The fourth-order valence-corrected chi connectivity index (χ4v) is 5.07. The number of aryl methyl sites for hydroxylation is 1. The van der Waals surface area contributed by atoms with Gasteiger partial charge in [0, 0.05) is 37.1 Å². The van der Waals surface area contributed by atoms with Crippen molar-refractivity contribution in [3.05, 3.63) is 70.5 Å². The molecule has 1 atom stereocenters. The zero-order valence-electron chi connectivity index (χ0n) is 26.3. The number of likely N-dealkylation sites (N-methyl/N-ethyl adjacent to an activating group) is 2. The van der Waals surface area contributed by atoms with Crippen LogP contribution in [0.1, 0.15) is 105 Å². The summed E-state index contributed by atoms with van der Waals surface area (Å²) in [6.45, 7) is 18.2. The molecule has 1 aliphatic heterocycles. The molecule has 0 spiro atoms. The molecule has 38 heavy (non-hydrogen) atoms. The Morgan fingerprint density at radius 3 is 1.97 bits per heavy atom. The summed E-state index contributed by atoms with van der Waals surface area (Å²) in [4.78, 5) is 4.80. The minimum atomic E-state index is 0.370. The monoisotopic (exact) mass is 545 g/mol. The molecule has 1 aromatic rings. The second-order valence-electron chi connectivity index (χ2n) is 10.1. The molecule has 1 heterocycles. The van der Waals surface area contributed by atoms with Crippen LogP contribution in [0.5, 0.6) is 0 Å². The van der Waals surface area contributed by atoms with E-state index >= 15 is 0 Å². The van der Waals surface area contributed by atoms with Gasteiger partial charge in [-0.3, -0.25) is 5.32 Å². The molecular formula is C34H60ClN3. The average molecular weight is 546 g/mol. The summed E-state index contributed by atoms with van der Waals surface area (Å²) in [7, 11) is 4.05. The van der Waals surface area contributed by atoms with Crippen LogP contribution in [0.4, 0.5) is 0 Å². The molecule has 0 fully saturated rings. The Balaban J connectivity index is 0.000000580. The largest absolute Gasteiger partial charge is 0.375 e. The lowest BCUT2D eigenvalue weighted by molar-refractivity contribution is 0.285. The van der Waals surface area contributed by atoms with Crippen LogP contribution in [0.25, 0.3) is 0 Å². The van der Waals surface area contributed by atoms with Crippen molar-refractivity contribution in [3.8, 4) is 0 Å². The van der Waals surface area contributed by atoms with Gasteiger partial charge in [0.05, 0.1) is 6.17 Å². The van der Waals surface area contributed by atoms with Crippen LogP contribution in [0.15, 0.2) is 60.0 Å². The van der Waals surface area contributed by atoms with Gasteiger partial charge in [0.15, 0.2) is 0 Å². The topological polar surface area (TPSA) is 18.5 Å².